The second kappa shape index (κ2) is 11.1. The molecule has 2 aliphatic heterocycles. The van der Waals surface area contributed by atoms with Gasteiger partial charge in [-0.15, -0.1) is 0 Å². The second-order valence-electron chi connectivity index (χ2n) is 9.47. The lowest BCUT2D eigenvalue weighted by Crippen LogP contribution is -2.54. The van der Waals surface area contributed by atoms with E-state index in [1.807, 2.05) is 6.92 Å². The fourth-order valence-corrected chi connectivity index (χ4v) is 5.18. The molecule has 1 aliphatic carbocycles. The van der Waals surface area contributed by atoms with Gasteiger partial charge in [0.2, 0.25) is 5.91 Å². The van der Waals surface area contributed by atoms with Gasteiger partial charge in [0.15, 0.2) is 0 Å². The largest absolute Gasteiger partial charge is 0.490 e. The molecule has 3 aliphatic rings. The number of anilines is 1. The van der Waals surface area contributed by atoms with Gasteiger partial charge in [0.25, 0.3) is 5.91 Å². The zero-order chi connectivity index (χ0) is 24.1. The molecule has 34 heavy (non-hydrogen) atoms. The van der Waals surface area contributed by atoms with Crippen LogP contribution in [0.25, 0.3) is 0 Å². The van der Waals surface area contributed by atoms with Gasteiger partial charge in [-0.1, -0.05) is 19.3 Å². The Bertz CT molecular complexity index is 901. The number of nitrogens with zero attached hydrogens (tertiary/aromatic N) is 1. The van der Waals surface area contributed by atoms with Gasteiger partial charge >= 0.3 is 6.03 Å². The second-order valence-corrected chi connectivity index (χ2v) is 9.47. The molecule has 9 nitrogen and oxygen atoms in total. The summed E-state index contributed by atoms with van der Waals surface area (Å²) in [5, 5.41) is 8.57. The summed E-state index contributed by atoms with van der Waals surface area (Å²) in [7, 11) is 1.78. The standard InChI is InChI=1S/C25H36N4O5/c1-3-26-25(32)28-17-9-12-21-19(13-17)24(31)29(2)20-11-10-18(34-22(20)15-33-21)14-23(30)27-16-7-5-4-6-8-16/h9,12-13,16,18,20,22H,3-8,10-11,14-15H2,1-2H3,(H,27,30)(H2,26,28,32)/t18-,20-,22-/m1/s1. The van der Waals surface area contributed by atoms with Crippen LogP contribution in [0.3, 0.4) is 0 Å². The third-order valence-corrected chi connectivity index (χ3v) is 6.99. The Labute approximate surface area is 200 Å². The highest BCUT2D eigenvalue weighted by Crippen LogP contribution is 2.32. The van der Waals surface area contributed by atoms with Crippen molar-refractivity contribution in [2.45, 2.75) is 82.6 Å². The first kappa shape index (κ1) is 24.3. The third-order valence-electron chi connectivity index (χ3n) is 6.99. The van der Waals surface area contributed by atoms with Crippen molar-refractivity contribution in [1.29, 1.82) is 0 Å². The van der Waals surface area contributed by atoms with Crippen LogP contribution in [0, 0.1) is 0 Å². The van der Waals surface area contributed by atoms with Crippen LogP contribution >= 0.6 is 0 Å². The van der Waals surface area contributed by atoms with E-state index in [4.69, 9.17) is 9.47 Å². The number of carbonyl (C=O) groups is 3. The minimum absolute atomic E-state index is 0.0454. The predicted molar refractivity (Wildman–Crippen MR) is 128 cm³/mol. The Balaban J connectivity index is 1.39. The quantitative estimate of drug-likeness (QED) is 0.610. The van der Waals surface area contributed by atoms with Gasteiger partial charge in [0.05, 0.1) is 24.1 Å². The number of fused-ring (bicyclic) bond motifs is 2. The zero-order valence-corrected chi connectivity index (χ0v) is 20.1. The van der Waals surface area contributed by atoms with E-state index in [0.29, 0.717) is 43.0 Å². The maximum Gasteiger partial charge on any atom is 0.319 e. The topological polar surface area (TPSA) is 109 Å². The van der Waals surface area contributed by atoms with Crippen molar-refractivity contribution in [1.82, 2.24) is 15.5 Å². The van der Waals surface area contributed by atoms with E-state index in [-0.39, 0.29) is 42.1 Å². The molecule has 2 fully saturated rings. The summed E-state index contributed by atoms with van der Waals surface area (Å²) >= 11 is 0. The molecule has 4 amide bonds. The molecule has 186 valence electrons. The Morgan fingerprint density at radius 3 is 2.68 bits per heavy atom. The van der Waals surface area contributed by atoms with Crippen molar-refractivity contribution < 1.29 is 23.9 Å². The summed E-state index contributed by atoms with van der Waals surface area (Å²) in [4.78, 5) is 39.4. The van der Waals surface area contributed by atoms with Crippen molar-refractivity contribution in [3.8, 4) is 5.75 Å². The minimum Gasteiger partial charge on any atom is -0.490 e. The molecule has 9 heteroatoms. The van der Waals surface area contributed by atoms with Crippen LogP contribution in [0.1, 0.15) is 68.6 Å². The zero-order valence-electron chi connectivity index (χ0n) is 20.1. The van der Waals surface area contributed by atoms with Crippen molar-refractivity contribution in [2.24, 2.45) is 0 Å². The molecule has 0 bridgehead atoms. The number of hydrogen-bond acceptors (Lipinski definition) is 5. The minimum atomic E-state index is -0.325. The van der Waals surface area contributed by atoms with Gasteiger partial charge in [0.1, 0.15) is 18.5 Å². The molecule has 3 atom stereocenters. The molecule has 0 spiro atoms. The first-order valence-corrected chi connectivity index (χ1v) is 12.5. The van der Waals surface area contributed by atoms with E-state index in [1.54, 1.807) is 30.1 Å². The predicted octanol–water partition coefficient (Wildman–Crippen LogP) is 3.05. The van der Waals surface area contributed by atoms with Crippen molar-refractivity contribution in [2.75, 3.05) is 25.5 Å². The number of benzene rings is 1. The Morgan fingerprint density at radius 2 is 1.91 bits per heavy atom. The van der Waals surface area contributed by atoms with E-state index < -0.39 is 0 Å². The number of urea groups is 1. The summed E-state index contributed by atoms with van der Waals surface area (Å²) in [6.07, 6.45) is 7.02. The number of likely N-dealkylation sites (N-methyl/N-ethyl adjacent to an activating group) is 1. The number of amides is 4. The average molecular weight is 473 g/mol. The normalized spacial score (nSPS) is 25.2. The smallest absolute Gasteiger partial charge is 0.319 e. The van der Waals surface area contributed by atoms with E-state index in [0.717, 1.165) is 19.3 Å². The van der Waals surface area contributed by atoms with Crippen molar-refractivity contribution in [3.05, 3.63) is 23.8 Å². The van der Waals surface area contributed by atoms with Gasteiger partial charge in [-0.3, -0.25) is 9.59 Å². The van der Waals surface area contributed by atoms with Crippen LogP contribution in [-0.4, -0.2) is 67.2 Å². The summed E-state index contributed by atoms with van der Waals surface area (Å²) in [6.45, 7) is 2.63. The molecule has 1 saturated heterocycles. The lowest BCUT2D eigenvalue weighted by molar-refractivity contribution is -0.134. The molecule has 1 aromatic rings. The van der Waals surface area contributed by atoms with Gasteiger partial charge in [-0.2, -0.15) is 0 Å². The molecule has 4 rings (SSSR count). The third kappa shape index (κ3) is 5.81. The molecular weight excluding hydrogens is 436 g/mol. The fraction of sp³-hybridized carbons (Fsp3) is 0.640. The molecular formula is C25H36N4O5. The van der Waals surface area contributed by atoms with E-state index >= 15 is 0 Å². The monoisotopic (exact) mass is 472 g/mol. The summed E-state index contributed by atoms with van der Waals surface area (Å²) < 4.78 is 12.3. The Hall–Kier alpha value is -2.81. The number of hydrogen-bond donors (Lipinski definition) is 3. The maximum atomic E-state index is 13.3. The number of nitrogens with one attached hydrogen (secondary N) is 3. The molecule has 1 aromatic carbocycles. The summed E-state index contributed by atoms with van der Waals surface area (Å²) in [6, 6.07) is 4.87. The molecule has 0 unspecified atom stereocenters. The van der Waals surface area contributed by atoms with E-state index in [2.05, 4.69) is 16.0 Å². The van der Waals surface area contributed by atoms with Crippen molar-refractivity contribution in [3.63, 3.8) is 0 Å². The van der Waals surface area contributed by atoms with Crippen LogP contribution in [0.15, 0.2) is 18.2 Å². The molecule has 0 aromatic heterocycles. The maximum absolute atomic E-state index is 13.3. The van der Waals surface area contributed by atoms with Crippen LogP contribution in [-0.2, 0) is 9.53 Å². The van der Waals surface area contributed by atoms with Crippen LogP contribution in [0.4, 0.5) is 10.5 Å². The van der Waals surface area contributed by atoms with Crippen LogP contribution in [0.2, 0.25) is 0 Å². The Kier molecular flexibility index (Phi) is 7.92. The van der Waals surface area contributed by atoms with Gasteiger partial charge in [-0.25, -0.2) is 4.79 Å². The van der Waals surface area contributed by atoms with Gasteiger partial charge in [0, 0.05) is 25.3 Å². The van der Waals surface area contributed by atoms with Crippen LogP contribution < -0.4 is 20.7 Å². The van der Waals surface area contributed by atoms with E-state index in [1.165, 1.54) is 19.3 Å². The number of carbonyl (C=O) groups excluding carboxylic acids is 3. The summed E-state index contributed by atoms with van der Waals surface area (Å²) in [5.74, 6) is 0.322. The number of ether oxygens (including phenoxy) is 2. The highest BCUT2D eigenvalue weighted by Gasteiger charge is 2.39. The van der Waals surface area contributed by atoms with Gasteiger partial charge in [-0.05, 0) is 50.8 Å². The van der Waals surface area contributed by atoms with Gasteiger partial charge < -0.3 is 30.3 Å². The molecule has 1 saturated carbocycles. The average Bonchev–Trinajstić information content (AvgIpc) is 2.82. The number of rotatable bonds is 5. The highest BCUT2D eigenvalue weighted by molar-refractivity contribution is 5.99. The lowest BCUT2D eigenvalue weighted by Gasteiger charge is -2.42. The highest BCUT2D eigenvalue weighted by atomic mass is 16.5. The molecule has 2 heterocycles. The lowest BCUT2D eigenvalue weighted by atomic mass is 9.93. The Morgan fingerprint density at radius 1 is 1.12 bits per heavy atom. The van der Waals surface area contributed by atoms with E-state index in [9.17, 15) is 14.4 Å². The summed E-state index contributed by atoms with van der Waals surface area (Å²) in [5.41, 5.74) is 0.931. The first-order chi connectivity index (χ1) is 16.4. The first-order valence-electron chi connectivity index (χ1n) is 12.5. The molecule has 0 radical (unpaired) electrons. The van der Waals surface area contributed by atoms with Crippen LogP contribution in [0.5, 0.6) is 5.75 Å². The molecule has 3 N–H and O–H groups in total. The fourth-order valence-electron chi connectivity index (χ4n) is 5.18. The van der Waals surface area contributed by atoms with Crippen molar-refractivity contribution >= 4 is 23.5 Å². The SMILES string of the molecule is CCNC(=O)Nc1ccc2c(c1)C(=O)N(C)[C@@H]1CC[C@H](CC(=O)NC3CCCCC3)O[C@@H]1CO2.